The Kier molecular flexibility index (Phi) is 5.75. The average molecular weight is 339 g/mol. The highest BCUT2D eigenvalue weighted by molar-refractivity contribution is 5.73. The van der Waals surface area contributed by atoms with Crippen molar-refractivity contribution in [2.45, 2.75) is 18.8 Å². The van der Waals surface area contributed by atoms with E-state index in [9.17, 15) is 23.1 Å². The molecule has 1 aromatic carbocycles. The van der Waals surface area contributed by atoms with Gasteiger partial charge >= 0.3 is 12.2 Å². The van der Waals surface area contributed by atoms with E-state index in [0.717, 1.165) is 17.7 Å². The number of urea groups is 1. The number of aromatic nitrogens is 1. The molecule has 5 nitrogen and oxygen atoms in total. The summed E-state index contributed by atoms with van der Waals surface area (Å²) in [4.78, 5) is 15.5. The molecule has 1 heterocycles. The van der Waals surface area contributed by atoms with Crippen molar-refractivity contribution in [3.63, 3.8) is 0 Å². The second-order valence-electron chi connectivity index (χ2n) is 5.06. The number of carbonyl (C=O) groups is 1. The Hall–Kier alpha value is -2.61. The number of aliphatic hydroxyl groups is 1. The van der Waals surface area contributed by atoms with Crippen LogP contribution in [0.3, 0.4) is 0 Å². The minimum Gasteiger partial charge on any atom is -0.387 e. The number of nitrogens with one attached hydrogen (secondary N) is 2. The van der Waals surface area contributed by atoms with E-state index >= 15 is 0 Å². The molecule has 2 aromatic rings. The fraction of sp³-hybridized carbons (Fsp3) is 0.250. The molecule has 0 fully saturated rings. The van der Waals surface area contributed by atoms with E-state index in [1.165, 1.54) is 12.1 Å². The van der Waals surface area contributed by atoms with Gasteiger partial charge in [0.15, 0.2) is 0 Å². The lowest BCUT2D eigenvalue weighted by molar-refractivity contribution is -0.137. The number of carbonyl (C=O) groups excluding carboxylic acids is 1. The molecular formula is C16H16F3N3O2. The first-order chi connectivity index (χ1) is 11.4. The van der Waals surface area contributed by atoms with Gasteiger partial charge in [-0.15, -0.1) is 0 Å². The lowest BCUT2D eigenvalue weighted by Gasteiger charge is -2.15. The number of halogens is 3. The van der Waals surface area contributed by atoms with Gasteiger partial charge in [-0.3, -0.25) is 4.98 Å². The second-order valence-corrected chi connectivity index (χ2v) is 5.06. The van der Waals surface area contributed by atoms with Crippen LogP contribution >= 0.6 is 0 Å². The molecule has 0 aliphatic carbocycles. The summed E-state index contributed by atoms with van der Waals surface area (Å²) >= 11 is 0. The number of hydrogen-bond acceptors (Lipinski definition) is 3. The third-order valence-electron chi connectivity index (χ3n) is 3.23. The third kappa shape index (κ3) is 5.24. The van der Waals surface area contributed by atoms with E-state index < -0.39 is 23.9 Å². The Balaban J connectivity index is 1.84. The van der Waals surface area contributed by atoms with Crippen LogP contribution in [-0.2, 0) is 12.7 Å². The molecule has 0 saturated heterocycles. The van der Waals surface area contributed by atoms with Crippen LogP contribution in [0.4, 0.5) is 18.0 Å². The Morgan fingerprint density at radius 3 is 2.67 bits per heavy atom. The zero-order chi connectivity index (χ0) is 17.6. The highest BCUT2D eigenvalue weighted by Crippen LogP contribution is 2.30. The van der Waals surface area contributed by atoms with Gasteiger partial charge in [-0.2, -0.15) is 13.2 Å². The lowest BCUT2D eigenvalue weighted by atomic mass is 10.1. The topological polar surface area (TPSA) is 74.2 Å². The molecule has 2 amide bonds. The van der Waals surface area contributed by atoms with Crippen LogP contribution < -0.4 is 10.6 Å². The number of hydrogen-bond donors (Lipinski definition) is 3. The Labute approximate surface area is 136 Å². The first-order valence-corrected chi connectivity index (χ1v) is 7.12. The largest absolute Gasteiger partial charge is 0.416 e. The molecule has 2 rings (SSSR count). The third-order valence-corrected chi connectivity index (χ3v) is 3.23. The predicted octanol–water partition coefficient (Wildman–Crippen LogP) is 2.63. The molecule has 8 heteroatoms. The quantitative estimate of drug-likeness (QED) is 0.784. The number of aliphatic hydroxyl groups excluding tert-OH is 1. The van der Waals surface area contributed by atoms with Crippen LogP contribution in [0, 0.1) is 0 Å². The normalized spacial score (nSPS) is 12.5. The van der Waals surface area contributed by atoms with Gasteiger partial charge in [0.05, 0.1) is 11.7 Å². The van der Waals surface area contributed by atoms with Crippen molar-refractivity contribution in [3.8, 4) is 0 Å². The van der Waals surface area contributed by atoms with E-state index in [-0.39, 0.29) is 18.7 Å². The maximum atomic E-state index is 12.6. The van der Waals surface area contributed by atoms with Crippen LogP contribution in [0.25, 0.3) is 0 Å². The summed E-state index contributed by atoms with van der Waals surface area (Å²) in [5.74, 6) is 0. The molecule has 1 atom stereocenters. The van der Waals surface area contributed by atoms with E-state index in [1.54, 1.807) is 24.5 Å². The molecule has 0 unspecified atom stereocenters. The Morgan fingerprint density at radius 1 is 1.21 bits per heavy atom. The molecule has 0 bridgehead atoms. The first kappa shape index (κ1) is 17.7. The Bertz CT molecular complexity index is 678. The van der Waals surface area contributed by atoms with Gasteiger partial charge in [0, 0.05) is 25.5 Å². The standard InChI is InChI=1S/C16H16F3N3O2/c17-16(18,19)13-5-1-4-12(7-13)14(23)10-22-15(24)21-9-11-3-2-6-20-8-11/h1-8,14,23H,9-10H2,(H2,21,22,24)/t14-/m0/s1. The molecule has 0 aliphatic heterocycles. The highest BCUT2D eigenvalue weighted by Gasteiger charge is 2.30. The van der Waals surface area contributed by atoms with Gasteiger partial charge < -0.3 is 15.7 Å². The second kappa shape index (κ2) is 7.78. The number of pyridine rings is 1. The van der Waals surface area contributed by atoms with E-state index in [4.69, 9.17) is 0 Å². The minimum atomic E-state index is -4.48. The van der Waals surface area contributed by atoms with Crippen LogP contribution in [0.15, 0.2) is 48.8 Å². The Morgan fingerprint density at radius 2 is 2.00 bits per heavy atom. The molecule has 0 saturated carbocycles. The summed E-state index contributed by atoms with van der Waals surface area (Å²) in [6.07, 6.45) is -2.52. The van der Waals surface area contributed by atoms with Gasteiger partial charge in [0.1, 0.15) is 0 Å². The van der Waals surface area contributed by atoms with Gasteiger partial charge in [-0.25, -0.2) is 4.79 Å². The molecule has 128 valence electrons. The summed E-state index contributed by atoms with van der Waals surface area (Å²) < 4.78 is 37.9. The number of nitrogens with zero attached hydrogens (tertiary/aromatic N) is 1. The summed E-state index contributed by atoms with van der Waals surface area (Å²) in [5.41, 5.74) is 0.0311. The van der Waals surface area contributed by atoms with Crippen LogP contribution in [0.1, 0.15) is 22.8 Å². The maximum absolute atomic E-state index is 12.6. The summed E-state index contributed by atoms with van der Waals surface area (Å²) in [5, 5.41) is 14.9. The zero-order valence-electron chi connectivity index (χ0n) is 12.5. The molecule has 1 aromatic heterocycles. The van der Waals surface area contributed by atoms with E-state index in [2.05, 4.69) is 15.6 Å². The highest BCUT2D eigenvalue weighted by atomic mass is 19.4. The monoisotopic (exact) mass is 339 g/mol. The van der Waals surface area contributed by atoms with Gasteiger partial charge in [-0.05, 0) is 29.3 Å². The van der Waals surface area contributed by atoms with Gasteiger partial charge in [0.25, 0.3) is 0 Å². The van der Waals surface area contributed by atoms with Crippen LogP contribution in [0.5, 0.6) is 0 Å². The fourth-order valence-electron chi connectivity index (χ4n) is 1.98. The lowest BCUT2D eigenvalue weighted by Crippen LogP contribution is -2.37. The van der Waals surface area contributed by atoms with Crippen molar-refractivity contribution in [1.82, 2.24) is 15.6 Å². The fourth-order valence-corrected chi connectivity index (χ4v) is 1.98. The zero-order valence-corrected chi connectivity index (χ0v) is 12.5. The number of amides is 2. The summed E-state index contributed by atoms with van der Waals surface area (Å²) in [6, 6.07) is 7.34. The van der Waals surface area contributed by atoms with Crippen molar-refractivity contribution < 1.29 is 23.1 Å². The maximum Gasteiger partial charge on any atom is 0.416 e. The molecule has 0 aliphatic rings. The van der Waals surface area contributed by atoms with Crippen molar-refractivity contribution in [1.29, 1.82) is 0 Å². The van der Waals surface area contributed by atoms with Gasteiger partial charge in [-0.1, -0.05) is 18.2 Å². The molecular weight excluding hydrogens is 323 g/mol. The number of rotatable bonds is 5. The van der Waals surface area contributed by atoms with Gasteiger partial charge in [0.2, 0.25) is 0 Å². The van der Waals surface area contributed by atoms with E-state index in [0.29, 0.717) is 0 Å². The SMILES string of the molecule is O=C(NCc1cccnc1)NC[C@H](O)c1cccc(C(F)(F)F)c1. The predicted molar refractivity (Wildman–Crippen MR) is 80.9 cm³/mol. The van der Waals surface area contributed by atoms with Crippen LogP contribution in [-0.4, -0.2) is 22.7 Å². The van der Waals surface area contributed by atoms with Crippen molar-refractivity contribution >= 4 is 6.03 Å². The summed E-state index contributed by atoms with van der Waals surface area (Å²) in [6.45, 7) is 0.0412. The van der Waals surface area contributed by atoms with Crippen molar-refractivity contribution in [2.24, 2.45) is 0 Å². The molecule has 0 radical (unpaired) electrons. The molecule has 24 heavy (non-hydrogen) atoms. The van der Waals surface area contributed by atoms with Crippen molar-refractivity contribution in [3.05, 3.63) is 65.5 Å². The van der Waals surface area contributed by atoms with Crippen molar-refractivity contribution in [2.75, 3.05) is 6.54 Å². The summed E-state index contributed by atoms with van der Waals surface area (Å²) in [7, 11) is 0. The number of benzene rings is 1. The smallest absolute Gasteiger partial charge is 0.387 e. The molecule has 0 spiro atoms. The molecule has 3 N–H and O–H groups in total. The first-order valence-electron chi connectivity index (χ1n) is 7.12. The van der Waals surface area contributed by atoms with Crippen LogP contribution in [0.2, 0.25) is 0 Å². The van der Waals surface area contributed by atoms with E-state index in [1.807, 2.05) is 0 Å². The minimum absolute atomic E-state index is 0.0809. The number of alkyl halides is 3. The average Bonchev–Trinajstić information content (AvgIpc) is 2.58.